The van der Waals surface area contributed by atoms with Crippen LogP contribution in [0.4, 0.5) is 10.3 Å². The maximum atomic E-state index is 12.5. The van der Waals surface area contributed by atoms with E-state index < -0.39 is 5.91 Å². The van der Waals surface area contributed by atoms with Gasteiger partial charge in [0.05, 0.1) is 18.2 Å². The second-order valence-electron chi connectivity index (χ2n) is 6.30. The van der Waals surface area contributed by atoms with Gasteiger partial charge in [-0.2, -0.15) is 5.26 Å². The second-order valence-corrected chi connectivity index (χ2v) is 7.66. The van der Waals surface area contributed by atoms with E-state index in [1.54, 1.807) is 18.2 Å². The first-order valence-corrected chi connectivity index (χ1v) is 10.3. The Bertz CT molecular complexity index is 1130. The van der Waals surface area contributed by atoms with Crippen molar-refractivity contribution in [2.75, 3.05) is 36.5 Å². The second kappa shape index (κ2) is 9.09. The van der Waals surface area contributed by atoms with Crippen molar-refractivity contribution in [1.29, 1.82) is 5.26 Å². The summed E-state index contributed by atoms with van der Waals surface area (Å²) in [5, 5.41) is 21.7. The fourth-order valence-corrected chi connectivity index (χ4v) is 3.86. The first kappa shape index (κ1) is 20.1. The van der Waals surface area contributed by atoms with E-state index in [-0.39, 0.29) is 5.57 Å². The lowest BCUT2D eigenvalue weighted by Gasteiger charge is -2.25. The third-order valence-electron chi connectivity index (χ3n) is 4.33. The lowest BCUT2D eigenvalue weighted by Crippen LogP contribution is -2.36. The quantitative estimate of drug-likeness (QED) is 0.473. The molecule has 1 aliphatic heterocycles. The molecule has 3 heterocycles. The average molecular weight is 442 g/mol. The maximum Gasteiger partial charge on any atom is 0.268 e. The number of hydrogen-bond donors (Lipinski definition) is 1. The number of benzene rings is 1. The fraction of sp³-hybridized carbons (Fsp3) is 0.200. The Morgan fingerprint density at radius 3 is 2.80 bits per heavy atom. The minimum Gasteiger partial charge on any atom is -0.457 e. The van der Waals surface area contributed by atoms with Gasteiger partial charge in [-0.05, 0) is 24.3 Å². The van der Waals surface area contributed by atoms with Gasteiger partial charge in [0.2, 0.25) is 10.3 Å². The van der Waals surface area contributed by atoms with E-state index in [4.69, 9.17) is 20.8 Å². The number of aromatic nitrogens is 2. The number of carbonyl (C=O) groups excluding carboxylic acids is 1. The zero-order chi connectivity index (χ0) is 20.9. The molecular formula is C20H16ClN5O3S. The number of nitriles is 1. The molecule has 0 radical (unpaired) electrons. The van der Waals surface area contributed by atoms with E-state index in [2.05, 4.69) is 15.5 Å². The van der Waals surface area contributed by atoms with Crippen LogP contribution in [0, 0.1) is 11.3 Å². The lowest BCUT2D eigenvalue weighted by molar-refractivity contribution is -0.112. The highest BCUT2D eigenvalue weighted by Crippen LogP contribution is 2.30. The van der Waals surface area contributed by atoms with Crippen molar-refractivity contribution in [1.82, 2.24) is 10.2 Å². The first-order chi connectivity index (χ1) is 14.6. The summed E-state index contributed by atoms with van der Waals surface area (Å²) >= 11 is 7.43. The third kappa shape index (κ3) is 4.52. The van der Waals surface area contributed by atoms with E-state index in [0.717, 1.165) is 18.7 Å². The SMILES string of the molecule is N#C/C(=C/c1ccc(-c2ccccc2Cl)o1)C(=O)Nc1nnc(N2CCOCC2)s1. The summed E-state index contributed by atoms with van der Waals surface area (Å²) in [6.07, 6.45) is 1.37. The van der Waals surface area contributed by atoms with Crippen LogP contribution in [0.5, 0.6) is 0 Å². The van der Waals surface area contributed by atoms with E-state index in [9.17, 15) is 10.1 Å². The topological polar surface area (TPSA) is 104 Å². The van der Waals surface area contributed by atoms with Crippen LogP contribution in [0.3, 0.4) is 0 Å². The van der Waals surface area contributed by atoms with Gasteiger partial charge < -0.3 is 14.1 Å². The number of amides is 1. The number of hydrogen-bond acceptors (Lipinski definition) is 8. The molecule has 152 valence electrons. The molecule has 0 spiro atoms. The number of rotatable bonds is 5. The van der Waals surface area contributed by atoms with Crippen molar-refractivity contribution in [3.63, 3.8) is 0 Å². The largest absolute Gasteiger partial charge is 0.457 e. The molecule has 4 rings (SSSR count). The molecule has 10 heteroatoms. The number of halogens is 1. The number of furan rings is 1. The molecule has 1 fully saturated rings. The maximum absolute atomic E-state index is 12.5. The summed E-state index contributed by atoms with van der Waals surface area (Å²) in [7, 11) is 0. The monoisotopic (exact) mass is 441 g/mol. The molecule has 1 aliphatic rings. The molecule has 2 aromatic heterocycles. The van der Waals surface area contributed by atoms with Crippen LogP contribution in [-0.2, 0) is 9.53 Å². The van der Waals surface area contributed by atoms with Gasteiger partial charge in [0.25, 0.3) is 5.91 Å². The van der Waals surface area contributed by atoms with Gasteiger partial charge in [0.1, 0.15) is 23.2 Å². The van der Waals surface area contributed by atoms with Gasteiger partial charge in [-0.1, -0.05) is 35.1 Å². The Labute approximate surface area is 181 Å². The summed E-state index contributed by atoms with van der Waals surface area (Å²) in [5.74, 6) is 0.324. The van der Waals surface area contributed by atoms with E-state index in [0.29, 0.717) is 40.0 Å². The van der Waals surface area contributed by atoms with E-state index >= 15 is 0 Å². The number of carbonyl (C=O) groups is 1. The zero-order valence-corrected chi connectivity index (χ0v) is 17.2. The fourth-order valence-electron chi connectivity index (χ4n) is 2.84. The number of ether oxygens (including phenoxy) is 1. The minimum absolute atomic E-state index is 0.113. The van der Waals surface area contributed by atoms with Crippen LogP contribution in [0.2, 0.25) is 5.02 Å². The van der Waals surface area contributed by atoms with Crippen molar-refractivity contribution in [2.45, 2.75) is 0 Å². The van der Waals surface area contributed by atoms with Crippen LogP contribution in [-0.4, -0.2) is 42.4 Å². The summed E-state index contributed by atoms with van der Waals surface area (Å²) in [6.45, 7) is 2.69. The van der Waals surface area contributed by atoms with Crippen LogP contribution in [0.1, 0.15) is 5.76 Å². The van der Waals surface area contributed by atoms with Crippen molar-refractivity contribution >= 4 is 45.2 Å². The molecule has 1 N–H and O–H groups in total. The Hall–Kier alpha value is -3.19. The van der Waals surface area contributed by atoms with Gasteiger partial charge in [-0.3, -0.25) is 10.1 Å². The first-order valence-electron chi connectivity index (χ1n) is 9.08. The van der Waals surface area contributed by atoms with E-state index in [1.165, 1.54) is 17.4 Å². The van der Waals surface area contributed by atoms with E-state index in [1.807, 2.05) is 29.2 Å². The highest BCUT2D eigenvalue weighted by atomic mass is 35.5. The molecule has 0 saturated carbocycles. The Morgan fingerprint density at radius 1 is 1.23 bits per heavy atom. The van der Waals surface area contributed by atoms with Crippen molar-refractivity contribution in [3.05, 3.63) is 52.8 Å². The molecule has 0 aliphatic carbocycles. The molecule has 1 aromatic carbocycles. The number of nitrogens with one attached hydrogen (secondary N) is 1. The highest BCUT2D eigenvalue weighted by molar-refractivity contribution is 7.19. The smallest absolute Gasteiger partial charge is 0.268 e. The summed E-state index contributed by atoms with van der Waals surface area (Å²) in [5.41, 5.74) is 0.615. The normalized spacial score (nSPS) is 14.4. The van der Waals surface area contributed by atoms with Crippen molar-refractivity contribution in [3.8, 4) is 17.4 Å². The van der Waals surface area contributed by atoms with Gasteiger partial charge in [-0.15, -0.1) is 10.2 Å². The van der Waals surface area contributed by atoms with Crippen LogP contribution >= 0.6 is 22.9 Å². The Morgan fingerprint density at radius 2 is 2.03 bits per heavy atom. The van der Waals surface area contributed by atoms with Gasteiger partial charge in [0, 0.05) is 24.7 Å². The highest BCUT2D eigenvalue weighted by Gasteiger charge is 2.18. The summed E-state index contributed by atoms with van der Waals surface area (Å²) in [4.78, 5) is 14.5. The average Bonchev–Trinajstić information content (AvgIpc) is 3.42. The molecule has 3 aromatic rings. The molecule has 0 bridgehead atoms. The Kier molecular flexibility index (Phi) is 6.09. The molecule has 30 heavy (non-hydrogen) atoms. The predicted molar refractivity (Wildman–Crippen MR) is 114 cm³/mol. The van der Waals surface area contributed by atoms with Gasteiger partial charge in [-0.25, -0.2) is 0 Å². The predicted octanol–water partition coefficient (Wildman–Crippen LogP) is 3.83. The molecule has 0 unspecified atom stereocenters. The van der Waals surface area contributed by atoms with Crippen LogP contribution < -0.4 is 10.2 Å². The van der Waals surface area contributed by atoms with Crippen LogP contribution in [0.15, 0.2) is 46.4 Å². The molecule has 8 nitrogen and oxygen atoms in total. The zero-order valence-electron chi connectivity index (χ0n) is 15.7. The summed E-state index contributed by atoms with van der Waals surface area (Å²) < 4.78 is 11.0. The molecule has 0 atom stereocenters. The number of nitrogens with zero attached hydrogens (tertiary/aromatic N) is 4. The standard InChI is InChI=1S/C20H16ClN5O3S/c21-16-4-2-1-3-15(16)17-6-5-14(29-17)11-13(12-22)18(27)23-19-24-25-20(30-19)26-7-9-28-10-8-26/h1-6,11H,7-10H2,(H,23,24,27)/b13-11-. The molecule has 1 amide bonds. The number of anilines is 2. The van der Waals surface area contributed by atoms with Crippen molar-refractivity contribution < 1.29 is 13.9 Å². The lowest BCUT2D eigenvalue weighted by atomic mass is 10.2. The van der Waals surface area contributed by atoms with Gasteiger partial charge >= 0.3 is 0 Å². The summed E-state index contributed by atoms with van der Waals surface area (Å²) in [6, 6.07) is 12.6. The van der Waals surface area contributed by atoms with Gasteiger partial charge in [0.15, 0.2) is 0 Å². The molecular weight excluding hydrogens is 426 g/mol. The van der Waals surface area contributed by atoms with Crippen LogP contribution in [0.25, 0.3) is 17.4 Å². The number of morpholine rings is 1. The minimum atomic E-state index is -0.585. The third-order valence-corrected chi connectivity index (χ3v) is 5.56. The van der Waals surface area contributed by atoms with Crippen molar-refractivity contribution in [2.24, 2.45) is 0 Å². The molecule has 1 saturated heterocycles. The Balaban J connectivity index is 1.47.